The fraction of sp³-hybridized carbons (Fsp3) is 0.125. The SMILES string of the molecule is COc1ccc2c(Oc3ccc(NS(=O)(=O)c4cc(F)ccc4F)c(C)c3)ccnc2c1OC. The van der Waals surface area contributed by atoms with E-state index in [1.54, 1.807) is 43.5 Å². The fourth-order valence-corrected chi connectivity index (χ4v) is 4.64. The first-order chi connectivity index (χ1) is 16.2. The number of aromatic nitrogens is 1. The minimum Gasteiger partial charge on any atom is -0.493 e. The van der Waals surface area contributed by atoms with Crippen molar-refractivity contribution in [3.05, 3.63) is 78.0 Å². The molecule has 1 aromatic heterocycles. The van der Waals surface area contributed by atoms with Gasteiger partial charge in [0, 0.05) is 11.6 Å². The molecule has 1 heterocycles. The van der Waals surface area contributed by atoms with Crippen LogP contribution in [0.2, 0.25) is 0 Å². The molecule has 0 spiro atoms. The molecular weight excluding hydrogens is 466 g/mol. The second kappa shape index (κ2) is 9.14. The summed E-state index contributed by atoms with van der Waals surface area (Å²) in [7, 11) is -1.29. The maximum absolute atomic E-state index is 14.0. The van der Waals surface area contributed by atoms with Crippen LogP contribution in [-0.4, -0.2) is 27.6 Å². The van der Waals surface area contributed by atoms with Gasteiger partial charge in [-0.25, -0.2) is 17.2 Å². The number of hydrogen-bond donors (Lipinski definition) is 1. The molecule has 0 saturated heterocycles. The van der Waals surface area contributed by atoms with Gasteiger partial charge in [-0.15, -0.1) is 0 Å². The molecule has 0 bridgehead atoms. The highest BCUT2D eigenvalue weighted by molar-refractivity contribution is 7.92. The van der Waals surface area contributed by atoms with Crippen LogP contribution in [0.1, 0.15) is 5.56 Å². The molecule has 0 amide bonds. The predicted octanol–water partition coefficient (Wildman–Crippen LogP) is 5.43. The Labute approximate surface area is 195 Å². The second-order valence-corrected chi connectivity index (χ2v) is 8.92. The normalized spacial score (nSPS) is 11.3. The summed E-state index contributed by atoms with van der Waals surface area (Å²) in [6.45, 7) is 1.66. The number of nitrogens with one attached hydrogen (secondary N) is 1. The number of anilines is 1. The highest BCUT2D eigenvalue weighted by atomic mass is 32.2. The molecule has 0 aliphatic carbocycles. The molecule has 0 atom stereocenters. The third-order valence-corrected chi connectivity index (χ3v) is 6.45. The molecule has 0 radical (unpaired) electrons. The number of aryl methyl sites for hydroxylation is 1. The van der Waals surface area contributed by atoms with E-state index in [1.807, 2.05) is 0 Å². The molecule has 0 unspecified atom stereocenters. The minimum absolute atomic E-state index is 0.196. The van der Waals surface area contributed by atoms with Gasteiger partial charge in [-0.1, -0.05) is 0 Å². The molecule has 3 aromatic carbocycles. The molecule has 10 heteroatoms. The van der Waals surface area contributed by atoms with Gasteiger partial charge < -0.3 is 14.2 Å². The quantitative estimate of drug-likeness (QED) is 0.375. The first-order valence-corrected chi connectivity index (χ1v) is 11.5. The number of ether oxygens (including phenoxy) is 3. The molecule has 1 N–H and O–H groups in total. The van der Waals surface area contributed by atoms with Crippen LogP contribution < -0.4 is 18.9 Å². The van der Waals surface area contributed by atoms with Crippen molar-refractivity contribution in [2.45, 2.75) is 11.8 Å². The summed E-state index contributed by atoms with van der Waals surface area (Å²) in [4.78, 5) is 3.58. The van der Waals surface area contributed by atoms with E-state index in [2.05, 4.69) is 9.71 Å². The van der Waals surface area contributed by atoms with E-state index >= 15 is 0 Å². The molecular formula is C24H20F2N2O5S. The molecule has 176 valence electrons. The van der Waals surface area contributed by atoms with Gasteiger partial charge in [0.15, 0.2) is 11.5 Å². The topological polar surface area (TPSA) is 86.8 Å². The maximum atomic E-state index is 14.0. The Morgan fingerprint density at radius 1 is 0.912 bits per heavy atom. The van der Waals surface area contributed by atoms with Gasteiger partial charge in [0.05, 0.1) is 19.9 Å². The minimum atomic E-state index is -4.34. The van der Waals surface area contributed by atoms with E-state index in [0.717, 1.165) is 12.1 Å². The smallest absolute Gasteiger partial charge is 0.264 e. The van der Waals surface area contributed by atoms with Crippen molar-refractivity contribution in [1.82, 2.24) is 4.98 Å². The average Bonchev–Trinajstić information content (AvgIpc) is 2.81. The molecule has 0 fully saturated rings. The summed E-state index contributed by atoms with van der Waals surface area (Å²) >= 11 is 0. The molecule has 0 aliphatic rings. The van der Waals surface area contributed by atoms with Crippen LogP contribution in [0.15, 0.2) is 65.7 Å². The molecule has 34 heavy (non-hydrogen) atoms. The molecule has 4 aromatic rings. The lowest BCUT2D eigenvalue weighted by atomic mass is 10.1. The van der Waals surface area contributed by atoms with E-state index in [1.165, 1.54) is 20.3 Å². The summed E-state index contributed by atoms with van der Waals surface area (Å²) < 4.78 is 71.7. The molecule has 0 saturated carbocycles. The van der Waals surface area contributed by atoms with Gasteiger partial charge in [0.1, 0.15) is 33.5 Å². The van der Waals surface area contributed by atoms with Gasteiger partial charge in [-0.05, 0) is 67.1 Å². The zero-order valence-electron chi connectivity index (χ0n) is 18.4. The van der Waals surface area contributed by atoms with Crippen LogP contribution in [-0.2, 0) is 10.0 Å². The van der Waals surface area contributed by atoms with E-state index in [4.69, 9.17) is 14.2 Å². The number of nitrogens with zero attached hydrogens (tertiary/aromatic N) is 1. The Kier molecular flexibility index (Phi) is 6.25. The zero-order valence-corrected chi connectivity index (χ0v) is 19.2. The lowest BCUT2D eigenvalue weighted by Gasteiger charge is -2.15. The van der Waals surface area contributed by atoms with Gasteiger partial charge in [-0.2, -0.15) is 0 Å². The van der Waals surface area contributed by atoms with Crippen LogP contribution in [0.5, 0.6) is 23.0 Å². The Morgan fingerprint density at radius 2 is 1.71 bits per heavy atom. The number of rotatable bonds is 7. The third-order valence-electron chi connectivity index (χ3n) is 5.07. The fourth-order valence-electron chi connectivity index (χ4n) is 3.42. The number of benzene rings is 3. The molecule has 7 nitrogen and oxygen atoms in total. The Hall–Kier alpha value is -3.92. The Bertz CT molecular complexity index is 1490. The van der Waals surface area contributed by atoms with Gasteiger partial charge >= 0.3 is 0 Å². The van der Waals surface area contributed by atoms with Crippen molar-refractivity contribution in [3.8, 4) is 23.0 Å². The number of hydrogen-bond acceptors (Lipinski definition) is 6. The summed E-state index contributed by atoms with van der Waals surface area (Å²) in [6.07, 6.45) is 1.57. The highest BCUT2D eigenvalue weighted by Gasteiger charge is 2.21. The summed E-state index contributed by atoms with van der Waals surface area (Å²) in [6, 6.07) is 12.1. The monoisotopic (exact) mass is 486 g/mol. The van der Waals surface area contributed by atoms with Crippen molar-refractivity contribution in [3.63, 3.8) is 0 Å². The number of fused-ring (bicyclic) bond motifs is 1. The van der Waals surface area contributed by atoms with Crippen LogP contribution >= 0.6 is 0 Å². The Morgan fingerprint density at radius 3 is 2.41 bits per heavy atom. The van der Waals surface area contributed by atoms with Crippen molar-refractivity contribution in [2.75, 3.05) is 18.9 Å². The first-order valence-electron chi connectivity index (χ1n) is 9.99. The van der Waals surface area contributed by atoms with Crippen molar-refractivity contribution < 1.29 is 31.4 Å². The first kappa shape index (κ1) is 23.2. The van der Waals surface area contributed by atoms with E-state index in [0.29, 0.717) is 45.5 Å². The predicted molar refractivity (Wildman–Crippen MR) is 123 cm³/mol. The third kappa shape index (κ3) is 4.44. The summed E-state index contributed by atoms with van der Waals surface area (Å²) in [5.74, 6) is 0.0159. The summed E-state index contributed by atoms with van der Waals surface area (Å²) in [5.41, 5.74) is 1.26. The van der Waals surface area contributed by atoms with Gasteiger partial charge in [0.2, 0.25) is 0 Å². The molecule has 4 rings (SSSR count). The standard InChI is InChI=1S/C24H20F2N2O5S/c1-14-12-16(5-8-19(14)28-34(29,30)22-13-15(25)4-7-18(22)26)33-20-10-11-27-23-17(20)6-9-21(31-2)24(23)32-3/h4-13,28H,1-3H3. The Balaban J connectivity index is 1.63. The maximum Gasteiger partial charge on any atom is 0.264 e. The van der Waals surface area contributed by atoms with Crippen LogP contribution in [0.3, 0.4) is 0 Å². The number of methoxy groups -OCH3 is 2. The second-order valence-electron chi connectivity index (χ2n) is 7.27. The number of pyridine rings is 1. The van der Waals surface area contributed by atoms with Crippen molar-refractivity contribution >= 4 is 26.6 Å². The van der Waals surface area contributed by atoms with E-state index in [-0.39, 0.29) is 5.69 Å². The molecule has 0 aliphatic heterocycles. The lowest BCUT2D eigenvalue weighted by molar-refractivity contribution is 0.358. The summed E-state index contributed by atoms with van der Waals surface area (Å²) in [5, 5.41) is 0.684. The average molecular weight is 486 g/mol. The van der Waals surface area contributed by atoms with Crippen molar-refractivity contribution in [2.24, 2.45) is 0 Å². The van der Waals surface area contributed by atoms with E-state index < -0.39 is 26.6 Å². The van der Waals surface area contributed by atoms with E-state index in [9.17, 15) is 17.2 Å². The lowest BCUT2D eigenvalue weighted by Crippen LogP contribution is -2.15. The van der Waals surface area contributed by atoms with Crippen molar-refractivity contribution in [1.29, 1.82) is 0 Å². The van der Waals surface area contributed by atoms with Crippen LogP contribution in [0.25, 0.3) is 10.9 Å². The zero-order chi connectivity index (χ0) is 24.5. The number of sulfonamides is 1. The van der Waals surface area contributed by atoms with Gasteiger partial charge in [-0.3, -0.25) is 9.71 Å². The van der Waals surface area contributed by atoms with Crippen LogP contribution in [0, 0.1) is 18.6 Å². The van der Waals surface area contributed by atoms with Crippen LogP contribution in [0.4, 0.5) is 14.5 Å². The highest BCUT2D eigenvalue weighted by Crippen LogP contribution is 2.39. The van der Waals surface area contributed by atoms with Gasteiger partial charge in [0.25, 0.3) is 10.0 Å². The number of halogens is 2. The largest absolute Gasteiger partial charge is 0.493 e.